The Balaban J connectivity index is 1.99. The van der Waals surface area contributed by atoms with Crippen molar-refractivity contribution in [3.63, 3.8) is 0 Å². The molecule has 0 saturated heterocycles. The number of nitrogens with one attached hydrogen (secondary N) is 1. The van der Waals surface area contributed by atoms with Crippen molar-refractivity contribution in [1.29, 1.82) is 0 Å². The van der Waals surface area contributed by atoms with Gasteiger partial charge in [-0.2, -0.15) is 0 Å². The number of hydrogen-bond acceptors (Lipinski definition) is 5. The third-order valence-electron chi connectivity index (χ3n) is 4.79. The summed E-state index contributed by atoms with van der Waals surface area (Å²) in [6.45, 7) is 4.56. The number of aromatic hydroxyl groups is 1. The first-order chi connectivity index (χ1) is 14.5. The van der Waals surface area contributed by atoms with Crippen LogP contribution in [0.3, 0.4) is 0 Å². The van der Waals surface area contributed by atoms with E-state index in [1.807, 2.05) is 59.3 Å². The molecule has 3 aromatic rings. The number of hydrogen-bond donors (Lipinski definition) is 2. The zero-order chi connectivity index (χ0) is 22.8. The minimum absolute atomic E-state index is 0.255. The molecule has 0 spiro atoms. The normalized spacial score (nSPS) is 11.8. The first kappa shape index (κ1) is 22.3. The van der Waals surface area contributed by atoms with Crippen molar-refractivity contribution in [3.05, 3.63) is 88.3 Å². The van der Waals surface area contributed by atoms with E-state index in [1.54, 1.807) is 0 Å². The van der Waals surface area contributed by atoms with E-state index in [2.05, 4.69) is 0 Å². The summed E-state index contributed by atoms with van der Waals surface area (Å²) in [4.78, 5) is 24.9. The Kier molecular flexibility index (Phi) is 6.03. The molecule has 31 heavy (non-hydrogen) atoms. The summed E-state index contributed by atoms with van der Waals surface area (Å²) in [6, 6.07) is 17.3. The average Bonchev–Trinajstić information content (AvgIpc) is 2.70. The SMILES string of the molecule is CC(C)(C)S(=O)(=O)NC(=O)c1cn(Cc2ccccc2-c2ccccc2)cc(O)c1=O. The monoisotopic (exact) mass is 440 g/mol. The average molecular weight is 441 g/mol. The van der Waals surface area contributed by atoms with Gasteiger partial charge in [-0.1, -0.05) is 54.6 Å². The lowest BCUT2D eigenvalue weighted by Crippen LogP contribution is -2.43. The van der Waals surface area contributed by atoms with Crippen LogP contribution in [0.15, 0.2) is 71.8 Å². The Bertz CT molecular complexity index is 1270. The molecule has 0 unspecified atom stereocenters. The second kappa shape index (κ2) is 8.39. The first-order valence-corrected chi connectivity index (χ1v) is 11.1. The van der Waals surface area contributed by atoms with Crippen molar-refractivity contribution >= 4 is 15.9 Å². The minimum atomic E-state index is -4.02. The van der Waals surface area contributed by atoms with Gasteiger partial charge in [0.1, 0.15) is 5.56 Å². The maximum Gasteiger partial charge on any atom is 0.270 e. The van der Waals surface area contributed by atoms with Crippen molar-refractivity contribution in [2.75, 3.05) is 0 Å². The van der Waals surface area contributed by atoms with Crippen LogP contribution in [-0.4, -0.2) is 28.7 Å². The highest BCUT2D eigenvalue weighted by Crippen LogP contribution is 2.24. The summed E-state index contributed by atoms with van der Waals surface area (Å²) in [5, 5.41) is 10.1. The van der Waals surface area contributed by atoms with Crippen LogP contribution in [0.25, 0.3) is 11.1 Å². The maximum absolute atomic E-state index is 12.6. The van der Waals surface area contributed by atoms with Crippen molar-refractivity contribution in [3.8, 4) is 16.9 Å². The van der Waals surface area contributed by atoms with Crippen LogP contribution in [0.2, 0.25) is 0 Å². The summed E-state index contributed by atoms with van der Waals surface area (Å²) in [7, 11) is -4.02. The molecule has 0 atom stereocenters. The van der Waals surface area contributed by atoms with Crippen LogP contribution in [0, 0.1) is 0 Å². The molecule has 8 heteroatoms. The Morgan fingerprint density at radius 3 is 2.26 bits per heavy atom. The lowest BCUT2D eigenvalue weighted by Gasteiger charge is -2.19. The van der Waals surface area contributed by atoms with Gasteiger partial charge in [0.25, 0.3) is 5.91 Å². The molecule has 1 amide bonds. The molecule has 2 N–H and O–H groups in total. The smallest absolute Gasteiger partial charge is 0.270 e. The van der Waals surface area contributed by atoms with Gasteiger partial charge in [-0.05, 0) is 37.5 Å². The van der Waals surface area contributed by atoms with Crippen LogP contribution in [0.1, 0.15) is 36.7 Å². The Hall–Kier alpha value is -3.39. The molecule has 3 rings (SSSR count). The highest BCUT2D eigenvalue weighted by atomic mass is 32.2. The van der Waals surface area contributed by atoms with Crippen molar-refractivity contribution in [2.24, 2.45) is 0 Å². The number of aromatic nitrogens is 1. The van der Waals surface area contributed by atoms with E-state index in [0.29, 0.717) is 0 Å². The standard InChI is InChI=1S/C23H24N2O5S/c1-23(2,3)31(29,30)24-22(28)19-14-25(15-20(26)21(19)27)13-17-11-7-8-12-18(17)16-9-5-4-6-10-16/h4-12,14-15,26H,13H2,1-3H3,(H,24,28). The van der Waals surface area contributed by atoms with Crippen molar-refractivity contribution in [2.45, 2.75) is 32.1 Å². The Morgan fingerprint density at radius 1 is 1.00 bits per heavy atom. The molecule has 1 aromatic heterocycles. The van der Waals surface area contributed by atoms with Gasteiger partial charge in [-0.25, -0.2) is 13.1 Å². The largest absolute Gasteiger partial charge is 0.503 e. The number of sulfonamides is 1. The highest BCUT2D eigenvalue weighted by Gasteiger charge is 2.32. The molecule has 0 aliphatic heterocycles. The lowest BCUT2D eigenvalue weighted by atomic mass is 9.99. The summed E-state index contributed by atoms with van der Waals surface area (Å²) in [5.74, 6) is -1.72. The van der Waals surface area contributed by atoms with Crippen LogP contribution >= 0.6 is 0 Å². The molecule has 0 aliphatic carbocycles. The number of amides is 1. The summed E-state index contributed by atoms with van der Waals surface area (Å²) in [6.07, 6.45) is 2.47. The third kappa shape index (κ3) is 4.86. The molecular formula is C23H24N2O5S. The maximum atomic E-state index is 12.6. The van der Waals surface area contributed by atoms with E-state index in [0.717, 1.165) is 16.7 Å². The number of carbonyl (C=O) groups is 1. The van der Waals surface area contributed by atoms with Crippen molar-refractivity contribution < 1.29 is 18.3 Å². The van der Waals surface area contributed by atoms with E-state index in [1.165, 1.54) is 37.7 Å². The number of pyridine rings is 1. The number of rotatable bonds is 5. The summed E-state index contributed by atoms with van der Waals surface area (Å²) < 4.78 is 26.8. The molecular weight excluding hydrogens is 416 g/mol. The molecule has 7 nitrogen and oxygen atoms in total. The van der Waals surface area contributed by atoms with Gasteiger partial charge in [0.2, 0.25) is 15.5 Å². The molecule has 0 aliphatic rings. The molecule has 0 bridgehead atoms. The van der Waals surface area contributed by atoms with E-state index in [-0.39, 0.29) is 6.54 Å². The second-order valence-corrected chi connectivity index (χ2v) is 10.6. The number of nitrogens with zero attached hydrogens (tertiary/aromatic N) is 1. The quantitative estimate of drug-likeness (QED) is 0.634. The second-order valence-electron chi connectivity index (χ2n) is 8.13. The van der Waals surface area contributed by atoms with Crippen LogP contribution < -0.4 is 10.2 Å². The predicted octanol–water partition coefficient (Wildman–Crippen LogP) is 3.13. The van der Waals surface area contributed by atoms with E-state index >= 15 is 0 Å². The number of benzene rings is 2. The van der Waals surface area contributed by atoms with Gasteiger partial charge in [-0.15, -0.1) is 0 Å². The van der Waals surface area contributed by atoms with E-state index < -0.39 is 37.4 Å². The molecule has 2 aromatic carbocycles. The topological polar surface area (TPSA) is 105 Å². The van der Waals surface area contributed by atoms with Gasteiger partial charge in [-0.3, -0.25) is 9.59 Å². The predicted molar refractivity (Wildman–Crippen MR) is 119 cm³/mol. The first-order valence-electron chi connectivity index (χ1n) is 9.62. The zero-order valence-corrected chi connectivity index (χ0v) is 18.3. The molecule has 0 fully saturated rings. The Labute approximate surface area is 181 Å². The zero-order valence-electron chi connectivity index (χ0n) is 17.5. The van der Waals surface area contributed by atoms with E-state index in [4.69, 9.17) is 0 Å². The van der Waals surface area contributed by atoms with Gasteiger partial charge in [0.05, 0.1) is 10.9 Å². The molecule has 0 radical (unpaired) electrons. The van der Waals surface area contributed by atoms with Crippen LogP contribution in [0.4, 0.5) is 0 Å². The fraction of sp³-hybridized carbons (Fsp3) is 0.217. The van der Waals surface area contributed by atoms with Gasteiger partial charge >= 0.3 is 0 Å². The van der Waals surface area contributed by atoms with E-state index in [9.17, 15) is 23.1 Å². The molecule has 162 valence electrons. The van der Waals surface area contributed by atoms with Gasteiger partial charge < -0.3 is 9.67 Å². The fourth-order valence-electron chi connectivity index (χ4n) is 2.95. The lowest BCUT2D eigenvalue weighted by molar-refractivity contribution is 0.0978. The minimum Gasteiger partial charge on any atom is -0.503 e. The molecule has 0 saturated carbocycles. The van der Waals surface area contributed by atoms with Gasteiger partial charge in [0.15, 0.2) is 5.75 Å². The molecule has 1 heterocycles. The number of carbonyl (C=O) groups excluding carboxylic acids is 1. The fourth-order valence-corrected chi connectivity index (χ4v) is 3.61. The highest BCUT2D eigenvalue weighted by molar-refractivity contribution is 7.91. The van der Waals surface area contributed by atoms with Gasteiger partial charge in [0, 0.05) is 12.7 Å². The Morgan fingerprint density at radius 2 is 1.61 bits per heavy atom. The third-order valence-corrected chi connectivity index (χ3v) is 6.86. The summed E-state index contributed by atoms with van der Waals surface area (Å²) >= 11 is 0. The van der Waals surface area contributed by atoms with Crippen LogP contribution in [-0.2, 0) is 16.6 Å². The van der Waals surface area contributed by atoms with Crippen LogP contribution in [0.5, 0.6) is 5.75 Å². The summed E-state index contributed by atoms with van der Waals surface area (Å²) in [5.41, 5.74) is 1.46. The van der Waals surface area contributed by atoms with Crippen molar-refractivity contribution in [1.82, 2.24) is 9.29 Å².